The lowest BCUT2D eigenvalue weighted by Crippen LogP contribution is -2.61. The maximum atomic E-state index is 11.8. The maximum absolute atomic E-state index is 11.8. The standard InChI is InChI=1S/C16H28N6O5S/c1-9(23)19-14-12(20-16(17)18)6-10(15(24)25)7-13(14)22-5-3-4-11(8-22)21-28(2,26)27/h7,11-14,21H,3-6,8H2,1-2H3,(H,19,23)(H,24,25)(H4,17,18,20)/t11-,12+,13-,14-/m1/s1. The summed E-state index contributed by atoms with van der Waals surface area (Å²) < 4.78 is 25.8. The van der Waals surface area contributed by atoms with Crippen molar-refractivity contribution < 1.29 is 23.1 Å². The lowest BCUT2D eigenvalue weighted by atomic mass is 9.84. The Morgan fingerprint density at radius 3 is 2.57 bits per heavy atom. The first-order chi connectivity index (χ1) is 13.0. The molecule has 2 aliphatic rings. The van der Waals surface area contributed by atoms with E-state index in [1.165, 1.54) is 6.92 Å². The highest BCUT2D eigenvalue weighted by Crippen LogP contribution is 2.28. The molecule has 1 saturated heterocycles. The highest BCUT2D eigenvalue weighted by Gasteiger charge is 2.40. The molecule has 158 valence electrons. The normalized spacial score (nSPS) is 28.9. The van der Waals surface area contributed by atoms with Gasteiger partial charge in [-0.05, 0) is 19.4 Å². The molecule has 12 heteroatoms. The second-order valence-electron chi connectivity index (χ2n) is 7.26. The van der Waals surface area contributed by atoms with E-state index in [2.05, 4.69) is 15.0 Å². The van der Waals surface area contributed by atoms with Gasteiger partial charge in [-0.1, -0.05) is 6.08 Å². The van der Waals surface area contributed by atoms with Crippen molar-refractivity contribution in [2.24, 2.45) is 16.5 Å². The van der Waals surface area contributed by atoms with Crippen LogP contribution in [-0.4, -0.2) is 79.8 Å². The Bertz CT molecular complexity index is 776. The van der Waals surface area contributed by atoms with Crippen LogP contribution in [0.2, 0.25) is 0 Å². The minimum Gasteiger partial charge on any atom is -0.478 e. The third-order valence-corrected chi connectivity index (χ3v) is 5.56. The predicted molar refractivity (Wildman–Crippen MR) is 104 cm³/mol. The van der Waals surface area contributed by atoms with E-state index < -0.39 is 34.1 Å². The van der Waals surface area contributed by atoms with Crippen LogP contribution in [0.15, 0.2) is 16.6 Å². The van der Waals surface area contributed by atoms with Crippen LogP contribution in [-0.2, 0) is 19.6 Å². The summed E-state index contributed by atoms with van der Waals surface area (Å²) in [6.45, 7) is 2.37. The van der Waals surface area contributed by atoms with Crippen molar-refractivity contribution in [2.45, 2.75) is 50.4 Å². The number of piperidine rings is 1. The van der Waals surface area contributed by atoms with Gasteiger partial charge < -0.3 is 21.9 Å². The molecular weight excluding hydrogens is 388 g/mol. The SMILES string of the molecule is CC(=O)N[C@@H]1[C@@H](N=C(N)N)CC(C(=O)O)=C[C@H]1N1CCC[C@@H](NS(C)(=O)=O)C1. The zero-order valence-electron chi connectivity index (χ0n) is 16.0. The van der Waals surface area contributed by atoms with Crippen molar-refractivity contribution in [1.82, 2.24) is 14.9 Å². The van der Waals surface area contributed by atoms with Gasteiger partial charge in [-0.25, -0.2) is 22.9 Å². The summed E-state index contributed by atoms with van der Waals surface area (Å²) in [7, 11) is -3.37. The van der Waals surface area contributed by atoms with Gasteiger partial charge in [-0.2, -0.15) is 0 Å². The number of carboxylic acids is 1. The van der Waals surface area contributed by atoms with Crippen molar-refractivity contribution in [1.29, 1.82) is 0 Å². The van der Waals surface area contributed by atoms with E-state index in [0.717, 1.165) is 12.7 Å². The van der Waals surface area contributed by atoms with Gasteiger partial charge in [0.2, 0.25) is 15.9 Å². The van der Waals surface area contributed by atoms with Gasteiger partial charge in [-0.3, -0.25) is 9.69 Å². The van der Waals surface area contributed by atoms with Crippen LogP contribution in [0.25, 0.3) is 0 Å². The smallest absolute Gasteiger partial charge is 0.331 e. The van der Waals surface area contributed by atoms with Crippen LogP contribution >= 0.6 is 0 Å². The van der Waals surface area contributed by atoms with E-state index in [9.17, 15) is 23.1 Å². The molecule has 0 bridgehead atoms. The largest absolute Gasteiger partial charge is 0.478 e. The van der Waals surface area contributed by atoms with E-state index in [1.807, 2.05) is 4.90 Å². The third kappa shape index (κ3) is 6.17. The molecule has 0 aromatic rings. The quantitative estimate of drug-likeness (QED) is 0.242. The lowest BCUT2D eigenvalue weighted by Gasteiger charge is -2.44. The minimum absolute atomic E-state index is 0.0769. The van der Waals surface area contributed by atoms with Crippen molar-refractivity contribution in [3.05, 3.63) is 11.6 Å². The number of hydrogen-bond donors (Lipinski definition) is 5. The van der Waals surface area contributed by atoms with E-state index in [1.54, 1.807) is 6.08 Å². The number of likely N-dealkylation sites (tertiary alicyclic amines) is 1. The summed E-state index contributed by atoms with van der Waals surface area (Å²) in [4.78, 5) is 29.5. The number of carbonyl (C=O) groups is 2. The lowest BCUT2D eigenvalue weighted by molar-refractivity contribution is -0.133. The van der Waals surface area contributed by atoms with Gasteiger partial charge in [0.15, 0.2) is 5.96 Å². The molecule has 11 nitrogen and oxygen atoms in total. The average Bonchev–Trinajstić information content (AvgIpc) is 2.53. The Morgan fingerprint density at radius 1 is 1.36 bits per heavy atom. The number of aliphatic imine (C=N–C) groups is 1. The molecule has 0 spiro atoms. The van der Waals surface area contributed by atoms with Crippen LogP contribution in [0.5, 0.6) is 0 Å². The number of hydrogen-bond acceptors (Lipinski definition) is 6. The predicted octanol–water partition coefficient (Wildman–Crippen LogP) is -2.07. The Hall–Kier alpha value is -2.18. The number of nitrogens with zero attached hydrogens (tertiary/aromatic N) is 2. The summed E-state index contributed by atoms with van der Waals surface area (Å²) in [5.74, 6) is -1.56. The highest BCUT2D eigenvalue weighted by atomic mass is 32.2. The molecule has 28 heavy (non-hydrogen) atoms. The monoisotopic (exact) mass is 416 g/mol. The molecular formula is C16H28N6O5S. The molecule has 0 unspecified atom stereocenters. The number of sulfonamides is 1. The molecule has 1 heterocycles. The molecule has 0 radical (unpaired) electrons. The van der Waals surface area contributed by atoms with Gasteiger partial charge in [0.1, 0.15) is 0 Å². The van der Waals surface area contributed by atoms with Gasteiger partial charge in [0.05, 0.1) is 24.4 Å². The first kappa shape index (κ1) is 22.1. The number of carbonyl (C=O) groups excluding carboxylic acids is 1. The molecule has 0 aromatic heterocycles. The van der Waals surface area contributed by atoms with E-state index >= 15 is 0 Å². The van der Waals surface area contributed by atoms with Crippen molar-refractivity contribution >= 4 is 27.9 Å². The molecule has 1 aliphatic carbocycles. The summed E-state index contributed by atoms with van der Waals surface area (Å²) in [5, 5.41) is 12.3. The molecule has 1 fully saturated rings. The number of rotatable bonds is 6. The van der Waals surface area contributed by atoms with Gasteiger partial charge in [-0.15, -0.1) is 0 Å². The van der Waals surface area contributed by atoms with E-state index in [-0.39, 0.29) is 29.9 Å². The molecule has 1 aliphatic heterocycles. The Kier molecular flexibility index (Phi) is 7.01. The van der Waals surface area contributed by atoms with Crippen LogP contribution in [0.1, 0.15) is 26.2 Å². The second-order valence-corrected chi connectivity index (χ2v) is 9.04. The molecule has 4 atom stereocenters. The second kappa shape index (κ2) is 8.88. The maximum Gasteiger partial charge on any atom is 0.331 e. The summed E-state index contributed by atoms with van der Waals surface area (Å²) >= 11 is 0. The number of carboxylic acid groups (broad SMARTS) is 1. The third-order valence-electron chi connectivity index (χ3n) is 4.80. The topological polar surface area (TPSA) is 180 Å². The fourth-order valence-corrected chi connectivity index (χ4v) is 4.66. The average molecular weight is 417 g/mol. The fraction of sp³-hybridized carbons (Fsp3) is 0.688. The molecule has 7 N–H and O–H groups in total. The summed E-state index contributed by atoms with van der Waals surface area (Å²) in [6.07, 6.45) is 4.18. The first-order valence-electron chi connectivity index (χ1n) is 8.97. The number of nitrogens with one attached hydrogen (secondary N) is 2. The Morgan fingerprint density at radius 2 is 2.04 bits per heavy atom. The number of amides is 1. The van der Waals surface area contributed by atoms with Crippen LogP contribution in [0, 0.1) is 0 Å². The molecule has 0 saturated carbocycles. The summed E-state index contributed by atoms with van der Waals surface area (Å²) in [6, 6.07) is -1.97. The van der Waals surface area contributed by atoms with Crippen LogP contribution in [0.3, 0.4) is 0 Å². The van der Waals surface area contributed by atoms with Gasteiger partial charge >= 0.3 is 5.97 Å². The summed E-state index contributed by atoms with van der Waals surface area (Å²) in [5.41, 5.74) is 11.2. The van der Waals surface area contributed by atoms with Gasteiger partial charge in [0.25, 0.3) is 0 Å². The Balaban J connectivity index is 2.36. The fourth-order valence-electron chi connectivity index (χ4n) is 3.86. The Labute approximate surface area is 164 Å². The van der Waals surface area contributed by atoms with E-state index in [4.69, 9.17) is 11.5 Å². The number of nitrogens with two attached hydrogens (primary N) is 2. The van der Waals surface area contributed by atoms with E-state index in [0.29, 0.717) is 19.5 Å². The highest BCUT2D eigenvalue weighted by molar-refractivity contribution is 7.88. The van der Waals surface area contributed by atoms with Gasteiger partial charge in [0, 0.05) is 31.5 Å². The first-order valence-corrected chi connectivity index (χ1v) is 10.9. The van der Waals surface area contributed by atoms with Crippen molar-refractivity contribution in [2.75, 3.05) is 19.3 Å². The zero-order valence-corrected chi connectivity index (χ0v) is 16.8. The molecule has 0 aromatic carbocycles. The molecule has 2 rings (SSSR count). The zero-order chi connectivity index (χ0) is 21.1. The minimum atomic E-state index is -3.37. The van der Waals surface area contributed by atoms with Crippen molar-refractivity contribution in [3.8, 4) is 0 Å². The number of aliphatic carboxylic acids is 1. The number of guanidine groups is 1. The molecule has 1 amide bonds. The van der Waals surface area contributed by atoms with Crippen LogP contribution < -0.4 is 21.5 Å². The van der Waals surface area contributed by atoms with Crippen LogP contribution in [0.4, 0.5) is 0 Å². The van der Waals surface area contributed by atoms with Crippen molar-refractivity contribution in [3.63, 3.8) is 0 Å².